The molecule has 0 radical (unpaired) electrons. The number of nitrogens with one attached hydrogen (secondary N) is 1. The molecule has 0 aliphatic carbocycles. The van der Waals surface area contributed by atoms with Gasteiger partial charge in [-0.05, 0) is 30.7 Å². The summed E-state index contributed by atoms with van der Waals surface area (Å²) >= 11 is 1.47. The van der Waals surface area contributed by atoms with E-state index >= 15 is 0 Å². The second kappa shape index (κ2) is 8.49. The highest BCUT2D eigenvalue weighted by Crippen LogP contribution is 2.28. The van der Waals surface area contributed by atoms with E-state index in [9.17, 15) is 4.79 Å². The van der Waals surface area contributed by atoms with Crippen LogP contribution in [-0.4, -0.2) is 24.7 Å². The summed E-state index contributed by atoms with van der Waals surface area (Å²) in [4.78, 5) is 19.1. The Kier molecular flexibility index (Phi) is 5.86. The molecular formula is C20H21N3O2S. The third kappa shape index (κ3) is 4.21. The normalized spacial score (nSPS) is 10.4. The molecule has 1 N–H and O–H groups in total. The summed E-state index contributed by atoms with van der Waals surface area (Å²) in [6.07, 6.45) is 0.844. The fourth-order valence-corrected chi connectivity index (χ4v) is 3.36. The van der Waals surface area contributed by atoms with Crippen LogP contribution >= 0.6 is 11.3 Å². The molecule has 0 aliphatic heterocycles. The number of rotatable bonds is 6. The van der Waals surface area contributed by atoms with Crippen LogP contribution in [0.1, 0.15) is 13.3 Å². The Morgan fingerprint density at radius 3 is 2.54 bits per heavy atom. The Balaban J connectivity index is 1.77. The molecule has 0 saturated heterocycles. The number of nitrogens with zero attached hydrogens (tertiary/aromatic N) is 2. The van der Waals surface area contributed by atoms with Crippen molar-refractivity contribution in [3.05, 3.63) is 60.0 Å². The maximum absolute atomic E-state index is 12.8. The van der Waals surface area contributed by atoms with Crippen LogP contribution in [0.2, 0.25) is 0 Å². The number of methoxy groups -OCH3 is 1. The van der Waals surface area contributed by atoms with Crippen LogP contribution in [0, 0.1) is 0 Å². The van der Waals surface area contributed by atoms with E-state index in [2.05, 4.69) is 10.3 Å². The second-order valence-corrected chi connectivity index (χ2v) is 6.53. The van der Waals surface area contributed by atoms with E-state index in [1.54, 1.807) is 12.0 Å². The first kappa shape index (κ1) is 17.9. The van der Waals surface area contributed by atoms with Gasteiger partial charge >= 0.3 is 6.03 Å². The zero-order valence-electron chi connectivity index (χ0n) is 14.8. The summed E-state index contributed by atoms with van der Waals surface area (Å²) in [6.45, 7) is 2.64. The predicted molar refractivity (Wildman–Crippen MR) is 107 cm³/mol. The summed E-state index contributed by atoms with van der Waals surface area (Å²) in [5.74, 6) is 0.751. The minimum Gasteiger partial charge on any atom is -0.497 e. The Morgan fingerprint density at radius 1 is 1.15 bits per heavy atom. The summed E-state index contributed by atoms with van der Waals surface area (Å²) in [5, 5.41) is 5.60. The van der Waals surface area contributed by atoms with Crippen molar-refractivity contribution in [2.75, 3.05) is 23.9 Å². The molecule has 26 heavy (non-hydrogen) atoms. The molecule has 1 aromatic heterocycles. The standard InChI is InChI=1S/C20H21N3O2S/c1-3-13-23(19(24)21-16-9-11-17(25-2)12-10-16)20-22-18(14-26-20)15-7-5-4-6-8-15/h4-12,14H,3,13H2,1-2H3,(H,21,24). The molecule has 0 fully saturated rings. The van der Waals surface area contributed by atoms with Crippen molar-refractivity contribution in [2.45, 2.75) is 13.3 Å². The number of anilines is 2. The summed E-state index contributed by atoms with van der Waals surface area (Å²) < 4.78 is 5.14. The van der Waals surface area contributed by atoms with Gasteiger partial charge in [-0.25, -0.2) is 9.78 Å². The highest BCUT2D eigenvalue weighted by atomic mass is 32.1. The molecule has 2 aromatic carbocycles. The lowest BCUT2D eigenvalue weighted by Gasteiger charge is -2.19. The van der Waals surface area contributed by atoms with E-state index in [0.29, 0.717) is 11.7 Å². The van der Waals surface area contributed by atoms with Crippen molar-refractivity contribution in [1.82, 2.24) is 4.98 Å². The Hall–Kier alpha value is -2.86. The Morgan fingerprint density at radius 2 is 1.88 bits per heavy atom. The average Bonchev–Trinajstić information content (AvgIpc) is 3.17. The van der Waals surface area contributed by atoms with Gasteiger partial charge in [0.05, 0.1) is 12.8 Å². The molecule has 0 saturated carbocycles. The number of thiazole rings is 1. The molecule has 0 aliphatic rings. The third-order valence-corrected chi connectivity index (χ3v) is 4.69. The highest BCUT2D eigenvalue weighted by molar-refractivity contribution is 7.14. The van der Waals surface area contributed by atoms with E-state index in [-0.39, 0.29) is 6.03 Å². The summed E-state index contributed by atoms with van der Waals surface area (Å²) in [7, 11) is 1.61. The number of benzene rings is 2. The molecule has 0 atom stereocenters. The third-order valence-electron chi connectivity index (χ3n) is 3.83. The summed E-state index contributed by atoms with van der Waals surface area (Å²) in [6, 6.07) is 17.0. The lowest BCUT2D eigenvalue weighted by Crippen LogP contribution is -2.35. The van der Waals surface area contributed by atoms with Gasteiger partial charge in [0.25, 0.3) is 0 Å². The van der Waals surface area contributed by atoms with E-state index in [4.69, 9.17) is 4.74 Å². The lowest BCUT2D eigenvalue weighted by molar-refractivity contribution is 0.257. The van der Waals surface area contributed by atoms with Crippen LogP contribution in [0.3, 0.4) is 0 Å². The smallest absolute Gasteiger partial charge is 0.328 e. The van der Waals surface area contributed by atoms with Gasteiger partial charge in [0, 0.05) is 23.2 Å². The number of amides is 2. The van der Waals surface area contributed by atoms with Crippen LogP contribution in [0.25, 0.3) is 11.3 Å². The molecule has 3 aromatic rings. The van der Waals surface area contributed by atoms with Gasteiger partial charge in [-0.2, -0.15) is 0 Å². The van der Waals surface area contributed by atoms with Crippen molar-refractivity contribution < 1.29 is 9.53 Å². The van der Waals surface area contributed by atoms with Crippen molar-refractivity contribution >= 4 is 28.2 Å². The molecule has 0 bridgehead atoms. The maximum Gasteiger partial charge on any atom is 0.328 e. The van der Waals surface area contributed by atoms with E-state index in [0.717, 1.165) is 29.1 Å². The quantitative estimate of drug-likeness (QED) is 0.646. The minimum absolute atomic E-state index is 0.189. The molecule has 5 nitrogen and oxygen atoms in total. The molecule has 6 heteroatoms. The van der Waals surface area contributed by atoms with E-state index < -0.39 is 0 Å². The number of carbonyl (C=O) groups is 1. The van der Waals surface area contributed by atoms with Gasteiger partial charge < -0.3 is 10.1 Å². The number of urea groups is 1. The highest BCUT2D eigenvalue weighted by Gasteiger charge is 2.19. The first-order chi connectivity index (χ1) is 12.7. The lowest BCUT2D eigenvalue weighted by atomic mass is 10.2. The SMILES string of the molecule is CCCN(C(=O)Nc1ccc(OC)cc1)c1nc(-c2ccccc2)cs1. The van der Waals surface area contributed by atoms with Crippen LogP contribution in [0.15, 0.2) is 60.0 Å². The molecule has 3 rings (SSSR count). The van der Waals surface area contributed by atoms with Gasteiger partial charge in [0.2, 0.25) is 0 Å². The number of aromatic nitrogens is 1. The van der Waals surface area contributed by atoms with Crippen molar-refractivity contribution in [3.63, 3.8) is 0 Å². The molecular weight excluding hydrogens is 346 g/mol. The van der Waals surface area contributed by atoms with E-state index in [1.807, 2.05) is 66.9 Å². The van der Waals surface area contributed by atoms with Crippen LogP contribution < -0.4 is 15.0 Å². The fourth-order valence-electron chi connectivity index (χ4n) is 2.50. The number of ether oxygens (including phenoxy) is 1. The van der Waals surface area contributed by atoms with Gasteiger partial charge in [0.15, 0.2) is 5.13 Å². The van der Waals surface area contributed by atoms with Gasteiger partial charge in [-0.1, -0.05) is 37.3 Å². The Bertz CT molecular complexity index is 847. The largest absolute Gasteiger partial charge is 0.497 e. The van der Waals surface area contributed by atoms with Crippen molar-refractivity contribution in [3.8, 4) is 17.0 Å². The van der Waals surface area contributed by atoms with Crippen molar-refractivity contribution in [2.24, 2.45) is 0 Å². The molecule has 134 valence electrons. The zero-order valence-corrected chi connectivity index (χ0v) is 15.6. The fraction of sp³-hybridized carbons (Fsp3) is 0.200. The Labute approximate surface area is 157 Å². The molecule has 1 heterocycles. The first-order valence-electron chi connectivity index (χ1n) is 8.44. The summed E-state index contributed by atoms with van der Waals surface area (Å²) in [5.41, 5.74) is 2.64. The first-order valence-corrected chi connectivity index (χ1v) is 9.32. The predicted octanol–water partition coefficient (Wildman–Crippen LogP) is 5.27. The zero-order chi connectivity index (χ0) is 18.4. The molecule has 0 spiro atoms. The van der Waals surface area contributed by atoms with Crippen LogP contribution in [0.5, 0.6) is 5.75 Å². The topological polar surface area (TPSA) is 54.5 Å². The monoisotopic (exact) mass is 367 g/mol. The minimum atomic E-state index is -0.189. The molecule has 2 amide bonds. The molecule has 0 unspecified atom stereocenters. The second-order valence-electron chi connectivity index (χ2n) is 5.69. The van der Waals surface area contributed by atoms with Gasteiger partial charge in [0.1, 0.15) is 5.75 Å². The maximum atomic E-state index is 12.8. The van der Waals surface area contributed by atoms with Crippen molar-refractivity contribution in [1.29, 1.82) is 0 Å². The number of hydrogen-bond donors (Lipinski definition) is 1. The average molecular weight is 367 g/mol. The number of hydrogen-bond acceptors (Lipinski definition) is 4. The van der Waals surface area contributed by atoms with Gasteiger partial charge in [-0.3, -0.25) is 4.90 Å². The van der Waals surface area contributed by atoms with Gasteiger partial charge in [-0.15, -0.1) is 11.3 Å². The van der Waals surface area contributed by atoms with Crippen LogP contribution in [-0.2, 0) is 0 Å². The van der Waals surface area contributed by atoms with E-state index in [1.165, 1.54) is 11.3 Å². The number of carbonyl (C=O) groups excluding carboxylic acids is 1. The van der Waals surface area contributed by atoms with Crippen LogP contribution in [0.4, 0.5) is 15.6 Å².